The number of hydrogen-bond acceptors (Lipinski definition) is 5. The molecule has 2 aromatic rings. The van der Waals surface area contributed by atoms with Gasteiger partial charge >= 0.3 is 5.97 Å². The van der Waals surface area contributed by atoms with E-state index in [-0.39, 0.29) is 18.9 Å². The Morgan fingerprint density at radius 1 is 0.857 bits per heavy atom. The number of carbonyl (C=O) groups excluding carboxylic acids is 2. The van der Waals surface area contributed by atoms with Gasteiger partial charge in [0.05, 0.1) is 19.6 Å². The first-order chi connectivity index (χ1) is 13.5. The van der Waals surface area contributed by atoms with E-state index in [1.807, 2.05) is 38.1 Å². The first-order valence-electron chi connectivity index (χ1n) is 9.48. The molecule has 0 radical (unpaired) electrons. The van der Waals surface area contributed by atoms with Crippen molar-refractivity contribution in [2.45, 2.75) is 33.6 Å². The number of esters is 1. The zero-order valence-corrected chi connectivity index (χ0v) is 16.6. The monoisotopic (exact) mass is 385 g/mol. The fourth-order valence-corrected chi connectivity index (χ4v) is 2.59. The van der Waals surface area contributed by atoms with Crippen molar-refractivity contribution >= 4 is 17.6 Å². The van der Waals surface area contributed by atoms with Gasteiger partial charge in [-0.05, 0) is 55.7 Å². The first-order valence-corrected chi connectivity index (χ1v) is 9.48. The molecule has 2 aromatic carbocycles. The maximum Gasteiger partial charge on any atom is 0.310 e. The smallest absolute Gasteiger partial charge is 0.310 e. The molecule has 0 saturated carbocycles. The highest BCUT2D eigenvalue weighted by molar-refractivity contribution is 5.92. The minimum atomic E-state index is -0.483. The molecule has 0 atom stereocenters. The van der Waals surface area contributed by atoms with Gasteiger partial charge in [-0.15, -0.1) is 0 Å². The van der Waals surface area contributed by atoms with Gasteiger partial charge in [0.15, 0.2) is 18.1 Å². The lowest BCUT2D eigenvalue weighted by atomic mass is 10.1. The highest BCUT2D eigenvalue weighted by atomic mass is 16.5. The summed E-state index contributed by atoms with van der Waals surface area (Å²) < 4.78 is 16.1. The SMILES string of the molecule is CCOc1ccc(CC(=O)OCC(=O)Nc2ccc(CC)cc2)cc1OCC. The van der Waals surface area contributed by atoms with Gasteiger partial charge in [0.25, 0.3) is 5.91 Å². The van der Waals surface area contributed by atoms with Crippen LogP contribution in [0.15, 0.2) is 42.5 Å². The van der Waals surface area contributed by atoms with Crippen molar-refractivity contribution in [1.29, 1.82) is 0 Å². The average molecular weight is 385 g/mol. The normalized spacial score (nSPS) is 10.2. The van der Waals surface area contributed by atoms with Crippen LogP contribution in [0.1, 0.15) is 31.9 Å². The zero-order valence-electron chi connectivity index (χ0n) is 16.6. The molecule has 1 N–H and O–H groups in total. The lowest BCUT2D eigenvalue weighted by molar-refractivity contribution is -0.146. The minimum Gasteiger partial charge on any atom is -0.490 e. The van der Waals surface area contributed by atoms with Crippen LogP contribution >= 0.6 is 0 Å². The Morgan fingerprint density at radius 3 is 2.14 bits per heavy atom. The Balaban J connectivity index is 1.85. The van der Waals surface area contributed by atoms with Crippen LogP contribution < -0.4 is 14.8 Å². The van der Waals surface area contributed by atoms with Crippen LogP contribution in [-0.4, -0.2) is 31.7 Å². The number of ether oxygens (including phenoxy) is 3. The van der Waals surface area contributed by atoms with Crippen molar-refractivity contribution in [2.75, 3.05) is 25.1 Å². The van der Waals surface area contributed by atoms with Crippen LogP contribution in [0.25, 0.3) is 0 Å². The lowest BCUT2D eigenvalue weighted by Gasteiger charge is -2.12. The van der Waals surface area contributed by atoms with E-state index in [1.54, 1.807) is 18.2 Å². The van der Waals surface area contributed by atoms with Gasteiger partial charge in [-0.3, -0.25) is 9.59 Å². The third-order valence-electron chi connectivity index (χ3n) is 3.97. The predicted molar refractivity (Wildman–Crippen MR) is 108 cm³/mol. The van der Waals surface area contributed by atoms with Gasteiger partial charge in [-0.1, -0.05) is 25.1 Å². The number of anilines is 1. The Kier molecular flexibility index (Phi) is 8.34. The summed E-state index contributed by atoms with van der Waals surface area (Å²) >= 11 is 0. The Hall–Kier alpha value is -3.02. The van der Waals surface area contributed by atoms with Gasteiger partial charge < -0.3 is 19.5 Å². The van der Waals surface area contributed by atoms with Crippen molar-refractivity contribution in [3.63, 3.8) is 0 Å². The molecule has 0 aliphatic carbocycles. The number of carbonyl (C=O) groups is 2. The van der Waals surface area contributed by atoms with Gasteiger partial charge in [0, 0.05) is 5.69 Å². The number of amides is 1. The molecule has 28 heavy (non-hydrogen) atoms. The molecular weight excluding hydrogens is 358 g/mol. The lowest BCUT2D eigenvalue weighted by Crippen LogP contribution is -2.21. The van der Waals surface area contributed by atoms with Crippen LogP contribution in [-0.2, 0) is 27.2 Å². The second-order valence-corrected chi connectivity index (χ2v) is 6.08. The van der Waals surface area contributed by atoms with Crippen LogP contribution in [0.3, 0.4) is 0 Å². The summed E-state index contributed by atoms with van der Waals surface area (Å²) in [5, 5.41) is 2.71. The molecule has 1 amide bonds. The number of aryl methyl sites for hydroxylation is 1. The Morgan fingerprint density at radius 2 is 1.50 bits per heavy atom. The van der Waals surface area contributed by atoms with Crippen LogP contribution in [0.4, 0.5) is 5.69 Å². The summed E-state index contributed by atoms with van der Waals surface area (Å²) in [5.41, 5.74) is 2.59. The van der Waals surface area contributed by atoms with Crippen molar-refractivity contribution in [3.05, 3.63) is 53.6 Å². The number of rotatable bonds is 10. The van der Waals surface area contributed by atoms with E-state index in [0.717, 1.165) is 12.0 Å². The molecule has 0 aliphatic rings. The Bertz CT molecular complexity index is 786. The zero-order chi connectivity index (χ0) is 20.4. The molecule has 0 bridgehead atoms. The van der Waals surface area contributed by atoms with Gasteiger partial charge in [-0.2, -0.15) is 0 Å². The van der Waals surface area contributed by atoms with Gasteiger partial charge in [-0.25, -0.2) is 0 Å². The second-order valence-electron chi connectivity index (χ2n) is 6.08. The van der Waals surface area contributed by atoms with E-state index >= 15 is 0 Å². The van der Waals surface area contributed by atoms with E-state index in [9.17, 15) is 9.59 Å². The van der Waals surface area contributed by atoms with E-state index < -0.39 is 5.97 Å². The largest absolute Gasteiger partial charge is 0.490 e. The fraction of sp³-hybridized carbons (Fsp3) is 0.364. The third-order valence-corrected chi connectivity index (χ3v) is 3.97. The quantitative estimate of drug-likeness (QED) is 0.630. The van der Waals surface area contributed by atoms with Gasteiger partial charge in [0.1, 0.15) is 0 Å². The van der Waals surface area contributed by atoms with Crippen molar-refractivity contribution in [1.82, 2.24) is 0 Å². The summed E-state index contributed by atoms with van der Waals surface area (Å²) in [6, 6.07) is 12.9. The molecule has 0 spiro atoms. The molecular formula is C22H27NO5. The average Bonchev–Trinajstić information content (AvgIpc) is 2.69. The van der Waals surface area contributed by atoms with Crippen LogP contribution in [0.5, 0.6) is 11.5 Å². The van der Waals surface area contributed by atoms with E-state index in [2.05, 4.69) is 12.2 Å². The van der Waals surface area contributed by atoms with Gasteiger partial charge in [0.2, 0.25) is 0 Å². The summed E-state index contributed by atoms with van der Waals surface area (Å²) in [6.07, 6.45) is 0.980. The molecule has 0 fully saturated rings. The van der Waals surface area contributed by atoms with E-state index in [0.29, 0.717) is 30.4 Å². The van der Waals surface area contributed by atoms with Crippen molar-refractivity contribution in [3.8, 4) is 11.5 Å². The van der Waals surface area contributed by atoms with Crippen LogP contribution in [0.2, 0.25) is 0 Å². The molecule has 2 rings (SSSR count). The summed E-state index contributed by atoms with van der Waals surface area (Å²) in [5.74, 6) is 0.361. The maximum absolute atomic E-state index is 12.1. The summed E-state index contributed by atoms with van der Waals surface area (Å²) in [4.78, 5) is 24.0. The highest BCUT2D eigenvalue weighted by Crippen LogP contribution is 2.28. The predicted octanol–water partition coefficient (Wildman–Crippen LogP) is 3.77. The molecule has 0 unspecified atom stereocenters. The van der Waals surface area contributed by atoms with Crippen molar-refractivity contribution in [2.24, 2.45) is 0 Å². The first kappa shape index (κ1) is 21.3. The molecule has 0 aromatic heterocycles. The molecule has 150 valence electrons. The van der Waals surface area contributed by atoms with Crippen molar-refractivity contribution < 1.29 is 23.8 Å². The topological polar surface area (TPSA) is 73.9 Å². The molecule has 6 nitrogen and oxygen atoms in total. The molecule has 0 saturated heterocycles. The third kappa shape index (κ3) is 6.61. The number of hydrogen-bond donors (Lipinski definition) is 1. The van der Waals surface area contributed by atoms with E-state index in [4.69, 9.17) is 14.2 Å². The van der Waals surface area contributed by atoms with Crippen LogP contribution in [0, 0.1) is 0 Å². The number of benzene rings is 2. The fourth-order valence-electron chi connectivity index (χ4n) is 2.59. The summed E-state index contributed by atoms with van der Waals surface area (Å²) in [6.45, 7) is 6.53. The maximum atomic E-state index is 12.1. The highest BCUT2D eigenvalue weighted by Gasteiger charge is 2.12. The second kappa shape index (κ2) is 11.0. The molecule has 0 aliphatic heterocycles. The minimum absolute atomic E-state index is 0.0466. The van der Waals surface area contributed by atoms with E-state index in [1.165, 1.54) is 5.56 Å². The standard InChI is InChI=1S/C22H27NO5/c1-4-16-7-10-18(11-8-16)23-21(24)15-28-22(25)14-17-9-12-19(26-5-2)20(13-17)27-6-3/h7-13H,4-6,14-15H2,1-3H3,(H,23,24). The number of nitrogens with one attached hydrogen (secondary N) is 1. The Labute approximate surface area is 165 Å². The molecule has 6 heteroatoms. The summed E-state index contributed by atoms with van der Waals surface area (Å²) in [7, 11) is 0. The molecule has 0 heterocycles.